The number of benzene rings is 1. The minimum absolute atomic E-state index is 0.128. The van der Waals surface area contributed by atoms with Gasteiger partial charge in [-0.2, -0.15) is 0 Å². The molecule has 0 aliphatic rings. The molecule has 0 bridgehead atoms. The first-order valence-corrected chi connectivity index (χ1v) is 6.66. The fraction of sp³-hybridized carbons (Fsp3) is 0.462. The quantitative estimate of drug-likeness (QED) is 0.906. The van der Waals surface area contributed by atoms with E-state index in [2.05, 4.69) is 21.2 Å². The second-order valence-electron chi connectivity index (χ2n) is 3.86. The number of hydrogen-bond donors (Lipinski definition) is 1. The third kappa shape index (κ3) is 3.73. The van der Waals surface area contributed by atoms with Gasteiger partial charge in [0.25, 0.3) is 0 Å². The molecular formula is C13H19BrN2O. The molecular weight excluding hydrogens is 280 g/mol. The fourth-order valence-corrected chi connectivity index (χ4v) is 2.05. The van der Waals surface area contributed by atoms with Crippen LogP contribution in [0.3, 0.4) is 0 Å². The highest BCUT2D eigenvalue weighted by Crippen LogP contribution is 2.25. The van der Waals surface area contributed by atoms with Gasteiger partial charge >= 0.3 is 0 Å². The predicted molar refractivity (Wildman–Crippen MR) is 75.3 cm³/mol. The van der Waals surface area contributed by atoms with E-state index in [4.69, 9.17) is 0 Å². The van der Waals surface area contributed by atoms with Crippen LogP contribution in [-0.4, -0.2) is 30.4 Å². The van der Waals surface area contributed by atoms with Crippen molar-refractivity contribution < 1.29 is 4.79 Å². The van der Waals surface area contributed by atoms with Crippen LogP contribution in [0, 0.1) is 6.92 Å². The van der Waals surface area contributed by atoms with Crippen molar-refractivity contribution in [2.75, 3.05) is 25.0 Å². The van der Waals surface area contributed by atoms with Crippen molar-refractivity contribution in [1.82, 2.24) is 4.90 Å². The summed E-state index contributed by atoms with van der Waals surface area (Å²) < 4.78 is 1.02. The summed E-state index contributed by atoms with van der Waals surface area (Å²) in [6.07, 6.45) is 0. The third-order valence-corrected chi connectivity index (χ3v) is 3.79. The molecule has 1 amide bonds. The van der Waals surface area contributed by atoms with Crippen molar-refractivity contribution in [1.29, 1.82) is 0 Å². The zero-order chi connectivity index (χ0) is 12.8. The van der Waals surface area contributed by atoms with Crippen molar-refractivity contribution in [3.05, 3.63) is 28.2 Å². The Bertz CT molecular complexity index is 389. The van der Waals surface area contributed by atoms with Gasteiger partial charge in [-0.3, -0.25) is 4.79 Å². The van der Waals surface area contributed by atoms with Crippen LogP contribution < -0.4 is 5.32 Å². The standard InChI is InChI=1S/C13H19BrN2O/c1-4-16(5-2)12(17)9-15-11-8-6-7-10(3)13(11)14/h6-8,15H,4-5,9H2,1-3H3. The van der Waals surface area contributed by atoms with Crippen molar-refractivity contribution in [2.24, 2.45) is 0 Å². The molecule has 0 unspecified atom stereocenters. The van der Waals surface area contributed by atoms with Gasteiger partial charge in [-0.05, 0) is 48.3 Å². The number of amides is 1. The Morgan fingerprint density at radius 3 is 2.59 bits per heavy atom. The van der Waals surface area contributed by atoms with Gasteiger partial charge in [-0.1, -0.05) is 12.1 Å². The molecule has 94 valence electrons. The van der Waals surface area contributed by atoms with Gasteiger partial charge in [0.1, 0.15) is 0 Å². The van der Waals surface area contributed by atoms with Gasteiger partial charge in [0.15, 0.2) is 0 Å². The van der Waals surface area contributed by atoms with E-state index in [1.807, 2.05) is 43.9 Å². The van der Waals surface area contributed by atoms with Gasteiger partial charge < -0.3 is 10.2 Å². The Hall–Kier alpha value is -1.03. The first kappa shape index (κ1) is 14.0. The van der Waals surface area contributed by atoms with Gasteiger partial charge in [0, 0.05) is 23.2 Å². The fourth-order valence-electron chi connectivity index (χ4n) is 1.64. The summed E-state index contributed by atoms with van der Waals surface area (Å²) in [6.45, 7) is 7.86. The summed E-state index contributed by atoms with van der Waals surface area (Å²) in [5.41, 5.74) is 2.12. The van der Waals surface area contributed by atoms with E-state index >= 15 is 0 Å². The van der Waals surface area contributed by atoms with E-state index in [1.54, 1.807) is 0 Å². The summed E-state index contributed by atoms with van der Waals surface area (Å²) in [5.74, 6) is 0.128. The normalized spacial score (nSPS) is 10.1. The van der Waals surface area contributed by atoms with E-state index < -0.39 is 0 Å². The van der Waals surface area contributed by atoms with Crippen LogP contribution in [0.5, 0.6) is 0 Å². The molecule has 0 fully saturated rings. The van der Waals surface area contributed by atoms with Crippen LogP contribution in [0.15, 0.2) is 22.7 Å². The third-order valence-electron chi connectivity index (χ3n) is 2.74. The van der Waals surface area contributed by atoms with Crippen molar-refractivity contribution in [3.63, 3.8) is 0 Å². The number of carbonyl (C=O) groups excluding carboxylic acids is 1. The molecule has 0 saturated heterocycles. The molecule has 17 heavy (non-hydrogen) atoms. The van der Waals surface area contributed by atoms with Gasteiger partial charge in [0.2, 0.25) is 5.91 Å². The lowest BCUT2D eigenvalue weighted by Crippen LogP contribution is -2.35. The SMILES string of the molecule is CCN(CC)C(=O)CNc1cccc(C)c1Br. The zero-order valence-corrected chi connectivity index (χ0v) is 12.2. The van der Waals surface area contributed by atoms with Crippen LogP contribution in [0.4, 0.5) is 5.69 Å². The maximum absolute atomic E-state index is 11.8. The largest absolute Gasteiger partial charge is 0.375 e. The number of likely N-dealkylation sites (N-methyl/N-ethyl adjacent to an activating group) is 1. The topological polar surface area (TPSA) is 32.3 Å². The van der Waals surface area contributed by atoms with Crippen LogP contribution in [0.25, 0.3) is 0 Å². The summed E-state index contributed by atoms with van der Waals surface area (Å²) in [6, 6.07) is 5.97. The molecule has 1 rings (SSSR count). The zero-order valence-electron chi connectivity index (χ0n) is 10.6. The highest BCUT2D eigenvalue weighted by atomic mass is 79.9. The van der Waals surface area contributed by atoms with Crippen molar-refractivity contribution in [2.45, 2.75) is 20.8 Å². The minimum atomic E-state index is 0.128. The molecule has 0 atom stereocenters. The average Bonchev–Trinajstić information content (AvgIpc) is 2.32. The van der Waals surface area contributed by atoms with E-state index in [0.29, 0.717) is 6.54 Å². The minimum Gasteiger partial charge on any atom is -0.375 e. The molecule has 0 heterocycles. The second-order valence-corrected chi connectivity index (χ2v) is 4.65. The van der Waals surface area contributed by atoms with Gasteiger partial charge in [0.05, 0.1) is 6.54 Å². The monoisotopic (exact) mass is 298 g/mol. The summed E-state index contributed by atoms with van der Waals surface area (Å²) in [4.78, 5) is 13.6. The molecule has 4 heteroatoms. The molecule has 0 saturated carbocycles. The Balaban J connectivity index is 2.61. The van der Waals surface area contributed by atoms with E-state index in [1.165, 1.54) is 0 Å². The number of halogens is 1. The molecule has 0 radical (unpaired) electrons. The maximum atomic E-state index is 11.8. The molecule has 1 aromatic carbocycles. The number of carbonyl (C=O) groups is 1. The van der Waals surface area contributed by atoms with Crippen molar-refractivity contribution in [3.8, 4) is 0 Å². The molecule has 0 aliphatic carbocycles. The summed E-state index contributed by atoms with van der Waals surface area (Å²) >= 11 is 3.51. The highest BCUT2D eigenvalue weighted by Gasteiger charge is 2.09. The molecule has 0 aromatic heterocycles. The molecule has 0 aliphatic heterocycles. The molecule has 1 aromatic rings. The lowest BCUT2D eigenvalue weighted by molar-refractivity contribution is -0.128. The summed E-state index contributed by atoms with van der Waals surface area (Å²) in [7, 11) is 0. The number of hydrogen-bond acceptors (Lipinski definition) is 2. The lowest BCUT2D eigenvalue weighted by Gasteiger charge is -2.19. The van der Waals surface area contributed by atoms with E-state index in [0.717, 1.165) is 28.8 Å². The number of aryl methyl sites for hydroxylation is 1. The Labute approximate surface area is 111 Å². The summed E-state index contributed by atoms with van der Waals surface area (Å²) in [5, 5.41) is 3.16. The Kier molecular flexibility index (Phi) is 5.48. The molecule has 1 N–H and O–H groups in total. The first-order chi connectivity index (χ1) is 8.10. The highest BCUT2D eigenvalue weighted by molar-refractivity contribution is 9.10. The van der Waals surface area contributed by atoms with Gasteiger partial charge in [-0.25, -0.2) is 0 Å². The van der Waals surface area contributed by atoms with Crippen LogP contribution in [-0.2, 0) is 4.79 Å². The van der Waals surface area contributed by atoms with Crippen LogP contribution in [0.2, 0.25) is 0 Å². The van der Waals surface area contributed by atoms with E-state index in [-0.39, 0.29) is 5.91 Å². The number of anilines is 1. The molecule has 3 nitrogen and oxygen atoms in total. The maximum Gasteiger partial charge on any atom is 0.241 e. The first-order valence-electron chi connectivity index (χ1n) is 5.86. The number of rotatable bonds is 5. The van der Waals surface area contributed by atoms with Crippen LogP contribution in [0.1, 0.15) is 19.4 Å². The predicted octanol–water partition coefficient (Wildman–Crippen LogP) is 3.04. The number of nitrogens with one attached hydrogen (secondary N) is 1. The van der Waals surface area contributed by atoms with E-state index in [9.17, 15) is 4.79 Å². The molecule has 0 spiro atoms. The van der Waals surface area contributed by atoms with Crippen molar-refractivity contribution >= 4 is 27.5 Å². The average molecular weight is 299 g/mol. The smallest absolute Gasteiger partial charge is 0.241 e. The number of nitrogens with zero attached hydrogens (tertiary/aromatic N) is 1. The Morgan fingerprint density at radius 1 is 1.35 bits per heavy atom. The van der Waals surface area contributed by atoms with Gasteiger partial charge in [-0.15, -0.1) is 0 Å². The van der Waals surface area contributed by atoms with Crippen LogP contribution >= 0.6 is 15.9 Å². The Morgan fingerprint density at radius 2 is 2.00 bits per heavy atom. The second kappa shape index (κ2) is 6.64. The lowest BCUT2D eigenvalue weighted by atomic mass is 10.2.